The Kier molecular flexibility index (Phi) is 5.53. The van der Waals surface area contributed by atoms with Crippen molar-refractivity contribution in [3.05, 3.63) is 40.7 Å². The number of nitrogens with two attached hydrogens (primary N) is 1. The van der Waals surface area contributed by atoms with Crippen LogP contribution in [0.1, 0.15) is 36.9 Å². The normalized spacial score (nSPS) is 14.5. The van der Waals surface area contributed by atoms with E-state index in [0.29, 0.717) is 17.4 Å². The Labute approximate surface area is 153 Å². The van der Waals surface area contributed by atoms with Gasteiger partial charge in [-0.15, -0.1) is 0 Å². The summed E-state index contributed by atoms with van der Waals surface area (Å²) in [5.41, 5.74) is 9.27. The molecule has 3 rings (SSSR count). The molecular formula is C19H24ClN3O2. The van der Waals surface area contributed by atoms with Crippen molar-refractivity contribution in [3.63, 3.8) is 0 Å². The molecule has 1 aliphatic rings. The van der Waals surface area contributed by atoms with Gasteiger partial charge in [-0.3, -0.25) is 0 Å². The molecule has 134 valence electrons. The lowest BCUT2D eigenvalue weighted by Gasteiger charge is -2.17. The summed E-state index contributed by atoms with van der Waals surface area (Å²) in [5, 5.41) is 3.75. The lowest BCUT2D eigenvalue weighted by atomic mass is 10.2. The van der Waals surface area contributed by atoms with Crippen LogP contribution < -0.4 is 20.5 Å². The molecule has 0 spiro atoms. The number of anilines is 2. The molecular weight excluding hydrogens is 338 g/mol. The first-order valence-corrected chi connectivity index (χ1v) is 8.94. The van der Waals surface area contributed by atoms with E-state index in [2.05, 4.69) is 10.3 Å². The number of halogens is 1. The molecule has 0 unspecified atom stereocenters. The van der Waals surface area contributed by atoms with Crippen LogP contribution in [-0.2, 0) is 6.54 Å². The maximum atomic E-state index is 6.14. The van der Waals surface area contributed by atoms with Gasteiger partial charge in [0.1, 0.15) is 5.15 Å². The average Bonchev–Trinajstić information content (AvgIpc) is 3.10. The Morgan fingerprint density at radius 1 is 1.24 bits per heavy atom. The molecule has 0 bridgehead atoms. The molecule has 0 aliphatic heterocycles. The fourth-order valence-corrected chi connectivity index (χ4v) is 3.33. The van der Waals surface area contributed by atoms with Crippen molar-refractivity contribution in [2.24, 2.45) is 0 Å². The van der Waals surface area contributed by atoms with Crippen LogP contribution in [0.3, 0.4) is 0 Å². The summed E-state index contributed by atoms with van der Waals surface area (Å²) in [4.78, 5) is 4.15. The van der Waals surface area contributed by atoms with Gasteiger partial charge in [0, 0.05) is 12.6 Å². The van der Waals surface area contributed by atoms with Gasteiger partial charge in [0.25, 0.3) is 0 Å². The molecule has 0 saturated heterocycles. The number of ether oxygens (including phenoxy) is 2. The van der Waals surface area contributed by atoms with E-state index in [0.717, 1.165) is 41.3 Å². The zero-order valence-electron chi connectivity index (χ0n) is 14.6. The number of pyridine rings is 1. The third kappa shape index (κ3) is 4.28. The largest absolute Gasteiger partial charge is 0.493 e. The van der Waals surface area contributed by atoms with Gasteiger partial charge in [-0.2, -0.15) is 0 Å². The van der Waals surface area contributed by atoms with Crippen LogP contribution in [0.25, 0.3) is 0 Å². The Bertz CT molecular complexity index is 746. The molecule has 1 heterocycles. The first kappa shape index (κ1) is 17.7. The van der Waals surface area contributed by atoms with Gasteiger partial charge in [-0.05, 0) is 50.3 Å². The Morgan fingerprint density at radius 3 is 2.72 bits per heavy atom. The smallest absolute Gasteiger partial charge is 0.161 e. The highest BCUT2D eigenvalue weighted by Crippen LogP contribution is 2.33. The summed E-state index contributed by atoms with van der Waals surface area (Å²) < 4.78 is 11.6. The molecule has 3 N–H and O–H groups in total. The van der Waals surface area contributed by atoms with Gasteiger partial charge in [-0.1, -0.05) is 17.7 Å². The maximum absolute atomic E-state index is 6.14. The lowest BCUT2D eigenvalue weighted by molar-refractivity contribution is 0.200. The van der Waals surface area contributed by atoms with Gasteiger partial charge in [-0.25, -0.2) is 4.98 Å². The number of methoxy groups -OCH3 is 1. The van der Waals surface area contributed by atoms with Crippen molar-refractivity contribution in [3.8, 4) is 11.5 Å². The molecule has 1 fully saturated rings. The van der Waals surface area contributed by atoms with Crippen molar-refractivity contribution in [1.82, 2.24) is 4.98 Å². The van der Waals surface area contributed by atoms with Crippen LogP contribution in [0.4, 0.5) is 11.4 Å². The molecule has 0 amide bonds. The first-order valence-electron chi connectivity index (χ1n) is 8.57. The number of nitrogens with zero attached hydrogens (tertiary/aromatic N) is 1. The number of nitrogen functional groups attached to an aromatic ring is 1. The lowest BCUT2D eigenvalue weighted by Crippen LogP contribution is -2.12. The second-order valence-corrected chi connectivity index (χ2v) is 6.74. The van der Waals surface area contributed by atoms with Gasteiger partial charge < -0.3 is 20.5 Å². The van der Waals surface area contributed by atoms with Gasteiger partial charge >= 0.3 is 0 Å². The summed E-state index contributed by atoms with van der Waals surface area (Å²) in [7, 11) is 1.66. The zero-order valence-corrected chi connectivity index (χ0v) is 15.4. The standard InChI is InChI=1S/C19H24ClN3O2/c1-12-19(21)15(10-18(20)23-12)22-11-13-7-8-16(24-2)17(9-13)25-14-5-3-4-6-14/h7-10,14H,3-6,11,21H2,1-2H3,(H,22,23). The molecule has 1 aromatic heterocycles. The molecule has 2 aromatic rings. The van der Waals surface area contributed by atoms with Crippen LogP contribution in [-0.4, -0.2) is 18.2 Å². The topological polar surface area (TPSA) is 69.4 Å². The van der Waals surface area contributed by atoms with Crippen LogP contribution in [0.15, 0.2) is 24.3 Å². The Hall–Kier alpha value is -2.14. The fraction of sp³-hybridized carbons (Fsp3) is 0.421. The minimum Gasteiger partial charge on any atom is -0.493 e. The summed E-state index contributed by atoms with van der Waals surface area (Å²) in [6.07, 6.45) is 4.97. The summed E-state index contributed by atoms with van der Waals surface area (Å²) >= 11 is 6.02. The molecule has 0 radical (unpaired) electrons. The van der Waals surface area contributed by atoms with E-state index in [4.69, 9.17) is 26.8 Å². The number of hydrogen-bond acceptors (Lipinski definition) is 5. The van der Waals surface area contributed by atoms with Crippen LogP contribution in [0, 0.1) is 6.92 Å². The van der Waals surface area contributed by atoms with E-state index in [1.54, 1.807) is 13.2 Å². The van der Waals surface area contributed by atoms with E-state index in [1.165, 1.54) is 12.8 Å². The van der Waals surface area contributed by atoms with Gasteiger partial charge in [0.15, 0.2) is 11.5 Å². The molecule has 5 nitrogen and oxygen atoms in total. The molecule has 25 heavy (non-hydrogen) atoms. The van der Waals surface area contributed by atoms with E-state index in [1.807, 2.05) is 25.1 Å². The average molecular weight is 362 g/mol. The number of hydrogen-bond donors (Lipinski definition) is 2. The van der Waals surface area contributed by atoms with E-state index >= 15 is 0 Å². The highest BCUT2D eigenvalue weighted by Gasteiger charge is 2.18. The highest BCUT2D eigenvalue weighted by molar-refractivity contribution is 6.29. The third-order valence-corrected chi connectivity index (χ3v) is 4.72. The van der Waals surface area contributed by atoms with Crippen LogP contribution in [0.2, 0.25) is 5.15 Å². The first-order chi connectivity index (χ1) is 12.1. The summed E-state index contributed by atoms with van der Waals surface area (Å²) in [5.74, 6) is 1.56. The van der Waals surface area contributed by atoms with Crippen molar-refractivity contribution < 1.29 is 9.47 Å². The van der Waals surface area contributed by atoms with Gasteiger partial charge in [0.05, 0.1) is 30.3 Å². The number of benzene rings is 1. The van der Waals surface area contributed by atoms with E-state index in [-0.39, 0.29) is 6.10 Å². The highest BCUT2D eigenvalue weighted by atomic mass is 35.5. The predicted octanol–water partition coefficient (Wildman–Crippen LogP) is 4.57. The number of aromatic nitrogens is 1. The quantitative estimate of drug-likeness (QED) is 0.737. The molecule has 6 heteroatoms. The minimum atomic E-state index is 0.286. The predicted molar refractivity (Wildman–Crippen MR) is 102 cm³/mol. The molecule has 1 saturated carbocycles. The van der Waals surface area contributed by atoms with E-state index in [9.17, 15) is 0 Å². The van der Waals surface area contributed by atoms with Gasteiger partial charge in [0.2, 0.25) is 0 Å². The van der Waals surface area contributed by atoms with Crippen molar-refractivity contribution in [2.45, 2.75) is 45.3 Å². The number of aryl methyl sites for hydroxylation is 1. The summed E-state index contributed by atoms with van der Waals surface area (Å²) in [6.45, 7) is 2.45. The Morgan fingerprint density at radius 2 is 2.00 bits per heavy atom. The zero-order chi connectivity index (χ0) is 17.8. The minimum absolute atomic E-state index is 0.286. The second-order valence-electron chi connectivity index (χ2n) is 6.35. The third-order valence-electron chi connectivity index (χ3n) is 4.52. The number of rotatable bonds is 6. The number of nitrogens with one attached hydrogen (secondary N) is 1. The maximum Gasteiger partial charge on any atom is 0.161 e. The molecule has 1 aromatic carbocycles. The Balaban J connectivity index is 1.74. The van der Waals surface area contributed by atoms with Crippen LogP contribution in [0.5, 0.6) is 11.5 Å². The van der Waals surface area contributed by atoms with Crippen molar-refractivity contribution >= 4 is 23.0 Å². The fourth-order valence-electron chi connectivity index (χ4n) is 3.10. The van der Waals surface area contributed by atoms with Crippen molar-refractivity contribution in [2.75, 3.05) is 18.2 Å². The molecule has 1 aliphatic carbocycles. The van der Waals surface area contributed by atoms with Crippen molar-refractivity contribution in [1.29, 1.82) is 0 Å². The second kappa shape index (κ2) is 7.83. The SMILES string of the molecule is COc1ccc(CNc2cc(Cl)nc(C)c2N)cc1OC1CCCC1. The molecule has 0 atom stereocenters. The summed E-state index contributed by atoms with van der Waals surface area (Å²) in [6, 6.07) is 7.72. The van der Waals surface area contributed by atoms with E-state index < -0.39 is 0 Å². The monoisotopic (exact) mass is 361 g/mol. The van der Waals surface area contributed by atoms with Crippen LogP contribution >= 0.6 is 11.6 Å².